The molecule has 1 amide bonds. The number of hydrogen-bond acceptors (Lipinski definition) is 3. The summed E-state index contributed by atoms with van der Waals surface area (Å²) in [6, 6.07) is 0. The van der Waals surface area contributed by atoms with Gasteiger partial charge in [-0.15, -0.1) is 0 Å². The average molecular weight is 187 g/mol. The van der Waals surface area contributed by atoms with Gasteiger partial charge >= 0.3 is 0 Å². The Balaban J connectivity index is 2.47. The minimum absolute atomic E-state index is 0.0211. The number of amides is 1. The normalized spacial score (nSPS) is 19.3. The van der Waals surface area contributed by atoms with Crippen LogP contribution in [0, 0.1) is 5.41 Å². The molecular weight excluding hydrogens is 170 g/mol. The summed E-state index contributed by atoms with van der Waals surface area (Å²) in [5.74, 6) is 0.0211. The number of nitrogens with zero attached hydrogens (tertiary/aromatic N) is 1. The van der Waals surface area contributed by atoms with E-state index in [1.165, 1.54) is 0 Å². The van der Waals surface area contributed by atoms with Crippen LogP contribution >= 0.6 is 0 Å². The molecule has 0 radical (unpaired) electrons. The van der Waals surface area contributed by atoms with E-state index in [1.54, 1.807) is 4.90 Å². The fourth-order valence-electron chi connectivity index (χ4n) is 1.28. The number of carbonyl (C=O) groups is 1. The van der Waals surface area contributed by atoms with Gasteiger partial charge in [-0.05, 0) is 0 Å². The van der Waals surface area contributed by atoms with Crippen LogP contribution in [0.25, 0.3) is 0 Å². The van der Waals surface area contributed by atoms with Crippen LogP contribution in [0.1, 0.15) is 13.8 Å². The van der Waals surface area contributed by atoms with Gasteiger partial charge in [0.25, 0.3) is 0 Å². The molecule has 1 fully saturated rings. The van der Waals surface area contributed by atoms with Gasteiger partial charge < -0.3 is 14.7 Å². The molecule has 0 aromatic carbocycles. The molecule has 1 aliphatic rings. The Hall–Kier alpha value is -0.610. The number of carbonyl (C=O) groups excluding carboxylic acids is 1. The fraction of sp³-hybridized carbons (Fsp3) is 0.889. The Labute approximate surface area is 78.5 Å². The molecule has 4 heteroatoms. The first-order chi connectivity index (χ1) is 6.05. The van der Waals surface area contributed by atoms with Crippen molar-refractivity contribution in [2.24, 2.45) is 5.41 Å². The molecule has 0 bridgehead atoms. The van der Waals surface area contributed by atoms with E-state index in [0.717, 1.165) is 0 Å². The van der Waals surface area contributed by atoms with E-state index in [2.05, 4.69) is 0 Å². The Morgan fingerprint density at radius 3 is 2.85 bits per heavy atom. The maximum atomic E-state index is 11.3. The average Bonchev–Trinajstić information content (AvgIpc) is 2.09. The zero-order valence-corrected chi connectivity index (χ0v) is 8.25. The molecule has 0 atom stereocenters. The molecule has 1 rings (SSSR count). The molecule has 0 aliphatic carbocycles. The standard InChI is InChI=1S/C9H17NO3/c1-9(2,7-11)6-10-3-4-13-5-8(10)12/h11H,3-7H2,1-2H3. The summed E-state index contributed by atoms with van der Waals surface area (Å²) in [5.41, 5.74) is -0.215. The lowest BCUT2D eigenvalue weighted by atomic mass is 9.94. The highest BCUT2D eigenvalue weighted by Gasteiger charge is 2.26. The van der Waals surface area contributed by atoms with E-state index in [9.17, 15) is 4.79 Å². The van der Waals surface area contributed by atoms with Crippen molar-refractivity contribution in [2.45, 2.75) is 13.8 Å². The summed E-state index contributed by atoms with van der Waals surface area (Å²) in [7, 11) is 0. The summed E-state index contributed by atoms with van der Waals surface area (Å²) in [6.07, 6.45) is 0. The minimum atomic E-state index is -0.215. The molecule has 0 aromatic heterocycles. The Morgan fingerprint density at radius 1 is 1.62 bits per heavy atom. The molecule has 0 spiro atoms. The maximum absolute atomic E-state index is 11.3. The van der Waals surface area contributed by atoms with Crippen LogP contribution in [0.3, 0.4) is 0 Å². The van der Waals surface area contributed by atoms with E-state index in [4.69, 9.17) is 9.84 Å². The van der Waals surface area contributed by atoms with Gasteiger partial charge in [0.05, 0.1) is 6.61 Å². The SMILES string of the molecule is CC(C)(CO)CN1CCOCC1=O. The van der Waals surface area contributed by atoms with Crippen molar-refractivity contribution in [3.8, 4) is 0 Å². The number of rotatable bonds is 3. The molecule has 1 heterocycles. The summed E-state index contributed by atoms with van der Waals surface area (Å²) >= 11 is 0. The highest BCUT2D eigenvalue weighted by molar-refractivity contribution is 5.78. The van der Waals surface area contributed by atoms with Crippen molar-refractivity contribution < 1.29 is 14.6 Å². The second kappa shape index (κ2) is 4.07. The number of aliphatic hydroxyl groups excluding tert-OH is 1. The van der Waals surface area contributed by atoms with Gasteiger partial charge in [0.1, 0.15) is 6.61 Å². The third-order valence-corrected chi connectivity index (χ3v) is 2.13. The second-order valence-electron chi connectivity index (χ2n) is 4.19. The van der Waals surface area contributed by atoms with E-state index in [1.807, 2.05) is 13.8 Å². The van der Waals surface area contributed by atoms with Crippen LogP contribution in [0.2, 0.25) is 0 Å². The highest BCUT2D eigenvalue weighted by atomic mass is 16.5. The third-order valence-electron chi connectivity index (χ3n) is 2.13. The van der Waals surface area contributed by atoms with Gasteiger partial charge in [-0.1, -0.05) is 13.8 Å². The quantitative estimate of drug-likeness (QED) is 0.669. The molecule has 13 heavy (non-hydrogen) atoms. The summed E-state index contributed by atoms with van der Waals surface area (Å²) in [4.78, 5) is 13.1. The van der Waals surface area contributed by atoms with E-state index >= 15 is 0 Å². The van der Waals surface area contributed by atoms with Crippen molar-refractivity contribution >= 4 is 5.91 Å². The number of hydrogen-bond donors (Lipinski definition) is 1. The van der Waals surface area contributed by atoms with Crippen LogP contribution in [0.4, 0.5) is 0 Å². The Bertz CT molecular complexity index is 191. The topological polar surface area (TPSA) is 49.8 Å². The predicted molar refractivity (Wildman–Crippen MR) is 48.3 cm³/mol. The molecule has 0 aromatic rings. The van der Waals surface area contributed by atoms with Crippen molar-refractivity contribution in [1.82, 2.24) is 4.90 Å². The predicted octanol–water partition coefficient (Wildman–Crippen LogP) is -0.136. The zero-order valence-electron chi connectivity index (χ0n) is 8.25. The molecule has 76 valence electrons. The first-order valence-electron chi connectivity index (χ1n) is 4.51. The van der Waals surface area contributed by atoms with Gasteiger partial charge in [-0.25, -0.2) is 0 Å². The molecule has 4 nitrogen and oxygen atoms in total. The van der Waals surface area contributed by atoms with Gasteiger partial charge in [0, 0.05) is 25.1 Å². The highest BCUT2D eigenvalue weighted by Crippen LogP contribution is 2.16. The lowest BCUT2D eigenvalue weighted by molar-refractivity contribution is -0.144. The van der Waals surface area contributed by atoms with Gasteiger partial charge in [-0.3, -0.25) is 4.79 Å². The van der Waals surface area contributed by atoms with Crippen LogP contribution in [0.15, 0.2) is 0 Å². The van der Waals surface area contributed by atoms with Crippen LogP contribution in [-0.4, -0.2) is 48.8 Å². The summed E-state index contributed by atoms with van der Waals surface area (Å²) in [6.45, 7) is 6.01. The maximum Gasteiger partial charge on any atom is 0.248 e. The van der Waals surface area contributed by atoms with Gasteiger partial charge in [0.15, 0.2) is 0 Å². The van der Waals surface area contributed by atoms with E-state index < -0.39 is 0 Å². The Kier molecular flexibility index (Phi) is 3.27. The summed E-state index contributed by atoms with van der Waals surface area (Å²) < 4.78 is 5.01. The lowest BCUT2D eigenvalue weighted by Crippen LogP contribution is -2.46. The van der Waals surface area contributed by atoms with Gasteiger partial charge in [0.2, 0.25) is 5.91 Å². The van der Waals surface area contributed by atoms with Crippen molar-refractivity contribution in [3.63, 3.8) is 0 Å². The Morgan fingerprint density at radius 2 is 2.31 bits per heavy atom. The fourth-order valence-corrected chi connectivity index (χ4v) is 1.28. The van der Waals surface area contributed by atoms with E-state index in [0.29, 0.717) is 19.7 Å². The minimum Gasteiger partial charge on any atom is -0.396 e. The molecule has 0 saturated carbocycles. The number of ether oxygens (including phenoxy) is 1. The lowest BCUT2D eigenvalue weighted by Gasteiger charge is -2.33. The number of aliphatic hydroxyl groups is 1. The van der Waals surface area contributed by atoms with Crippen molar-refractivity contribution in [2.75, 3.05) is 32.9 Å². The van der Waals surface area contributed by atoms with E-state index in [-0.39, 0.29) is 24.5 Å². The molecular formula is C9H17NO3. The van der Waals surface area contributed by atoms with Crippen LogP contribution in [0.5, 0.6) is 0 Å². The monoisotopic (exact) mass is 187 g/mol. The molecule has 1 aliphatic heterocycles. The zero-order chi connectivity index (χ0) is 9.90. The third kappa shape index (κ3) is 2.97. The second-order valence-corrected chi connectivity index (χ2v) is 4.19. The van der Waals surface area contributed by atoms with Crippen molar-refractivity contribution in [3.05, 3.63) is 0 Å². The first kappa shape index (κ1) is 10.5. The summed E-state index contributed by atoms with van der Waals surface area (Å²) in [5, 5.41) is 9.04. The van der Waals surface area contributed by atoms with Crippen molar-refractivity contribution in [1.29, 1.82) is 0 Å². The molecule has 0 unspecified atom stereocenters. The number of morpholine rings is 1. The molecule has 1 saturated heterocycles. The first-order valence-corrected chi connectivity index (χ1v) is 4.51. The molecule has 1 N–H and O–H groups in total. The van der Waals surface area contributed by atoms with Crippen LogP contribution in [-0.2, 0) is 9.53 Å². The largest absolute Gasteiger partial charge is 0.396 e. The van der Waals surface area contributed by atoms with Gasteiger partial charge in [-0.2, -0.15) is 0 Å². The van der Waals surface area contributed by atoms with Crippen LogP contribution < -0.4 is 0 Å². The smallest absolute Gasteiger partial charge is 0.248 e.